The fourth-order valence-corrected chi connectivity index (χ4v) is 3.98. The van der Waals surface area contributed by atoms with Crippen LogP contribution in [0.5, 0.6) is 0 Å². The van der Waals surface area contributed by atoms with Gasteiger partial charge in [0.1, 0.15) is 17.7 Å². The summed E-state index contributed by atoms with van der Waals surface area (Å²) in [5, 5.41) is 12.1. The van der Waals surface area contributed by atoms with Crippen molar-refractivity contribution in [3.63, 3.8) is 0 Å². The molecule has 1 aromatic carbocycles. The highest BCUT2D eigenvalue weighted by molar-refractivity contribution is 14.0. The minimum absolute atomic E-state index is 0. The lowest BCUT2D eigenvalue weighted by atomic mass is 10.1. The molecule has 0 saturated carbocycles. The third-order valence-corrected chi connectivity index (χ3v) is 5.35. The lowest BCUT2D eigenvalue weighted by Crippen LogP contribution is -2.50. The molecule has 2 aliphatic heterocycles. The second-order valence-electron chi connectivity index (χ2n) is 7.43. The molecule has 1 N–H and O–H groups in total. The first kappa shape index (κ1) is 21.9. The molecular weight excluding hydrogens is 486 g/mol. The summed E-state index contributed by atoms with van der Waals surface area (Å²) < 4.78 is 21.6. The van der Waals surface area contributed by atoms with E-state index in [1.807, 2.05) is 6.92 Å². The van der Waals surface area contributed by atoms with Crippen LogP contribution in [0, 0.1) is 5.82 Å². The van der Waals surface area contributed by atoms with Gasteiger partial charge in [-0.3, -0.25) is 4.99 Å². The maximum Gasteiger partial charge on any atom is 0.194 e. The Morgan fingerprint density at radius 3 is 2.79 bits per heavy atom. The number of aromatic nitrogens is 3. The molecule has 0 spiro atoms. The van der Waals surface area contributed by atoms with Gasteiger partial charge in [-0.2, -0.15) is 0 Å². The van der Waals surface area contributed by atoms with Crippen LogP contribution >= 0.6 is 24.0 Å². The summed E-state index contributed by atoms with van der Waals surface area (Å²) in [4.78, 5) is 6.65. The van der Waals surface area contributed by atoms with Gasteiger partial charge in [-0.1, -0.05) is 12.1 Å². The van der Waals surface area contributed by atoms with Gasteiger partial charge in [0.05, 0.1) is 19.2 Å². The number of nitrogens with zero attached hydrogens (tertiary/aromatic N) is 5. The lowest BCUT2D eigenvalue weighted by molar-refractivity contribution is -0.0605. The number of aryl methyl sites for hydroxylation is 1. The molecule has 9 heteroatoms. The molecule has 0 bridgehead atoms. The Bertz CT molecular complexity index is 840. The summed E-state index contributed by atoms with van der Waals surface area (Å²) in [5.41, 5.74) is 0.972. The Balaban J connectivity index is 0.00000240. The number of rotatable bonds is 3. The van der Waals surface area contributed by atoms with Gasteiger partial charge in [0.15, 0.2) is 11.8 Å². The van der Waals surface area contributed by atoms with E-state index < -0.39 is 0 Å². The van der Waals surface area contributed by atoms with Crippen molar-refractivity contribution in [2.45, 2.75) is 51.5 Å². The molecule has 1 fully saturated rings. The number of morpholine rings is 1. The molecule has 2 aromatic rings. The van der Waals surface area contributed by atoms with Crippen LogP contribution in [0.3, 0.4) is 0 Å². The monoisotopic (exact) mass is 514 g/mol. The number of halogens is 2. The highest BCUT2D eigenvalue weighted by Gasteiger charge is 2.28. The van der Waals surface area contributed by atoms with Gasteiger partial charge in [-0.15, -0.1) is 34.2 Å². The molecule has 0 radical (unpaired) electrons. The van der Waals surface area contributed by atoms with Crippen molar-refractivity contribution < 1.29 is 9.13 Å². The molecule has 7 nitrogen and oxygen atoms in total. The number of ether oxygens (including phenoxy) is 1. The molecular formula is C20H28FIN6O. The van der Waals surface area contributed by atoms with E-state index in [0.717, 1.165) is 42.7 Å². The molecule has 0 amide bonds. The molecule has 1 aromatic heterocycles. The highest BCUT2D eigenvalue weighted by Crippen LogP contribution is 2.25. The van der Waals surface area contributed by atoms with Gasteiger partial charge in [-0.05, 0) is 37.5 Å². The van der Waals surface area contributed by atoms with Gasteiger partial charge < -0.3 is 19.5 Å². The van der Waals surface area contributed by atoms with E-state index in [-0.39, 0.29) is 42.0 Å². The van der Waals surface area contributed by atoms with Gasteiger partial charge in [0.2, 0.25) is 0 Å². The average molecular weight is 514 g/mol. The topological polar surface area (TPSA) is 67.6 Å². The normalized spacial score (nSPS) is 22.0. The summed E-state index contributed by atoms with van der Waals surface area (Å²) in [7, 11) is 1.79. The largest absolute Gasteiger partial charge is 0.367 e. The zero-order valence-corrected chi connectivity index (χ0v) is 19.2. The van der Waals surface area contributed by atoms with Gasteiger partial charge in [0, 0.05) is 26.6 Å². The third kappa shape index (κ3) is 5.06. The second-order valence-corrected chi connectivity index (χ2v) is 7.43. The van der Waals surface area contributed by atoms with Crippen LogP contribution in [0.1, 0.15) is 43.1 Å². The number of fused-ring (bicyclic) bond motifs is 1. The van der Waals surface area contributed by atoms with E-state index in [1.54, 1.807) is 19.2 Å². The number of aliphatic imine (C=N–C) groups is 1. The highest BCUT2D eigenvalue weighted by atomic mass is 127. The van der Waals surface area contributed by atoms with E-state index >= 15 is 0 Å². The first-order valence-electron chi connectivity index (χ1n) is 9.91. The minimum atomic E-state index is -0.237. The van der Waals surface area contributed by atoms with Crippen molar-refractivity contribution >= 4 is 29.9 Å². The Hall–Kier alpha value is -1.75. The molecule has 2 unspecified atom stereocenters. The summed E-state index contributed by atoms with van der Waals surface area (Å²) in [6.07, 6.45) is 3.28. The van der Waals surface area contributed by atoms with E-state index in [1.165, 1.54) is 25.0 Å². The quantitative estimate of drug-likeness (QED) is 0.388. The van der Waals surface area contributed by atoms with Crippen molar-refractivity contribution in [1.29, 1.82) is 0 Å². The summed E-state index contributed by atoms with van der Waals surface area (Å²) in [5.74, 6) is 2.61. The molecule has 0 aliphatic carbocycles. The van der Waals surface area contributed by atoms with E-state index in [2.05, 4.69) is 30.0 Å². The van der Waals surface area contributed by atoms with E-state index in [0.29, 0.717) is 13.1 Å². The maximum absolute atomic E-state index is 13.3. The molecule has 158 valence electrons. The van der Waals surface area contributed by atoms with Crippen molar-refractivity contribution in [2.75, 3.05) is 20.1 Å². The van der Waals surface area contributed by atoms with Crippen molar-refractivity contribution in [1.82, 2.24) is 25.0 Å². The predicted octanol–water partition coefficient (Wildman–Crippen LogP) is 2.91. The lowest BCUT2D eigenvalue weighted by Gasteiger charge is -2.38. The van der Waals surface area contributed by atoms with Gasteiger partial charge >= 0.3 is 0 Å². The molecule has 4 rings (SSSR count). The number of guanidine groups is 1. The molecule has 2 aliphatic rings. The zero-order chi connectivity index (χ0) is 19.5. The number of benzene rings is 1. The van der Waals surface area contributed by atoms with Gasteiger partial charge in [0.25, 0.3) is 0 Å². The molecule has 2 atom stereocenters. The minimum Gasteiger partial charge on any atom is -0.367 e. The Kier molecular flexibility index (Phi) is 7.44. The van der Waals surface area contributed by atoms with Crippen LogP contribution in [0.2, 0.25) is 0 Å². The first-order chi connectivity index (χ1) is 13.6. The number of nitrogens with one attached hydrogen (secondary N) is 1. The molecule has 29 heavy (non-hydrogen) atoms. The van der Waals surface area contributed by atoms with Crippen LogP contribution in [-0.2, 0) is 24.2 Å². The summed E-state index contributed by atoms with van der Waals surface area (Å²) >= 11 is 0. The zero-order valence-electron chi connectivity index (χ0n) is 16.8. The van der Waals surface area contributed by atoms with Crippen molar-refractivity contribution in [3.8, 4) is 0 Å². The first-order valence-corrected chi connectivity index (χ1v) is 9.91. The number of hydrogen-bond acceptors (Lipinski definition) is 4. The van der Waals surface area contributed by atoms with Crippen LogP contribution in [0.25, 0.3) is 0 Å². The fraction of sp³-hybridized carbons (Fsp3) is 0.550. The van der Waals surface area contributed by atoms with Crippen LogP contribution in [0.15, 0.2) is 29.3 Å². The third-order valence-electron chi connectivity index (χ3n) is 5.35. The standard InChI is InChI=1S/C20H27FN6O.HI/c1-14-12-26(13-17(28-14)15-6-8-16(21)9-7-15)20(22-2)23-11-19-25-24-18-5-3-4-10-27(18)19;/h6-9,14,17H,3-5,10-13H2,1-2H3,(H,22,23);1H. The van der Waals surface area contributed by atoms with Crippen molar-refractivity contribution in [3.05, 3.63) is 47.3 Å². The Labute approximate surface area is 187 Å². The Morgan fingerprint density at radius 1 is 1.24 bits per heavy atom. The molecule has 1 saturated heterocycles. The van der Waals surface area contributed by atoms with Crippen molar-refractivity contribution in [2.24, 2.45) is 4.99 Å². The maximum atomic E-state index is 13.3. The van der Waals surface area contributed by atoms with Gasteiger partial charge in [-0.25, -0.2) is 4.39 Å². The predicted molar refractivity (Wildman–Crippen MR) is 120 cm³/mol. The summed E-state index contributed by atoms with van der Waals surface area (Å²) in [6.45, 7) is 5.03. The fourth-order valence-electron chi connectivity index (χ4n) is 3.98. The number of hydrogen-bond donors (Lipinski definition) is 1. The average Bonchev–Trinajstić information content (AvgIpc) is 3.12. The summed E-state index contributed by atoms with van der Waals surface area (Å²) in [6, 6.07) is 6.53. The van der Waals surface area contributed by atoms with Crippen LogP contribution in [0.4, 0.5) is 4.39 Å². The van der Waals surface area contributed by atoms with E-state index in [9.17, 15) is 4.39 Å². The Morgan fingerprint density at radius 2 is 2.03 bits per heavy atom. The van der Waals surface area contributed by atoms with Crippen LogP contribution < -0.4 is 5.32 Å². The second kappa shape index (κ2) is 9.84. The smallest absolute Gasteiger partial charge is 0.194 e. The SMILES string of the molecule is CN=C(NCc1nnc2n1CCCC2)N1CC(C)OC(c2ccc(F)cc2)C1.I. The van der Waals surface area contributed by atoms with Crippen LogP contribution in [-0.4, -0.2) is 51.9 Å². The molecule has 3 heterocycles. The van der Waals surface area contributed by atoms with E-state index in [4.69, 9.17) is 4.74 Å².